The molecular formula is C15H30N2. The molecule has 0 amide bonds. The maximum Gasteiger partial charge on any atom is 0.0159 e. The number of hydrogen-bond donors (Lipinski definition) is 1. The van der Waals surface area contributed by atoms with Gasteiger partial charge < -0.3 is 10.2 Å². The summed E-state index contributed by atoms with van der Waals surface area (Å²) >= 11 is 0. The lowest BCUT2D eigenvalue weighted by atomic mass is 9.84. The van der Waals surface area contributed by atoms with Crippen LogP contribution in [0.5, 0.6) is 0 Å². The van der Waals surface area contributed by atoms with Crippen LogP contribution < -0.4 is 5.32 Å². The zero-order valence-electron chi connectivity index (χ0n) is 12.1. The van der Waals surface area contributed by atoms with Crippen molar-refractivity contribution in [3.05, 3.63) is 0 Å². The molecule has 2 aliphatic carbocycles. The van der Waals surface area contributed by atoms with E-state index in [0.29, 0.717) is 5.41 Å². The number of rotatable bonds is 6. The van der Waals surface area contributed by atoms with E-state index < -0.39 is 0 Å². The molecule has 2 unspecified atom stereocenters. The van der Waals surface area contributed by atoms with Gasteiger partial charge in [-0.15, -0.1) is 0 Å². The normalized spacial score (nSPS) is 32.3. The molecule has 0 aliphatic heterocycles. The van der Waals surface area contributed by atoms with Gasteiger partial charge in [0.15, 0.2) is 0 Å². The first-order valence-corrected chi connectivity index (χ1v) is 7.56. The van der Waals surface area contributed by atoms with Crippen LogP contribution >= 0.6 is 0 Å². The zero-order valence-corrected chi connectivity index (χ0v) is 12.1. The van der Waals surface area contributed by atoms with Gasteiger partial charge in [0, 0.05) is 18.6 Å². The molecule has 0 aromatic heterocycles. The molecule has 2 saturated carbocycles. The van der Waals surface area contributed by atoms with Crippen LogP contribution in [0.15, 0.2) is 0 Å². The van der Waals surface area contributed by atoms with Crippen molar-refractivity contribution in [1.82, 2.24) is 10.2 Å². The van der Waals surface area contributed by atoms with Crippen molar-refractivity contribution in [3.63, 3.8) is 0 Å². The van der Waals surface area contributed by atoms with Crippen LogP contribution in [0.4, 0.5) is 0 Å². The molecule has 17 heavy (non-hydrogen) atoms. The standard InChI is InChI=1S/C15H30N2/c1-5-16-14-12(9-10-15(14,3)4)11-17(6-2)13-7-8-13/h12-14,16H,5-11H2,1-4H3. The summed E-state index contributed by atoms with van der Waals surface area (Å²) in [5, 5.41) is 3.75. The van der Waals surface area contributed by atoms with E-state index in [9.17, 15) is 0 Å². The Morgan fingerprint density at radius 2 is 1.88 bits per heavy atom. The van der Waals surface area contributed by atoms with Gasteiger partial charge in [0.25, 0.3) is 0 Å². The van der Waals surface area contributed by atoms with E-state index in [1.165, 1.54) is 38.8 Å². The van der Waals surface area contributed by atoms with E-state index in [2.05, 4.69) is 37.9 Å². The summed E-state index contributed by atoms with van der Waals surface area (Å²) in [6, 6.07) is 1.64. The van der Waals surface area contributed by atoms with Crippen molar-refractivity contribution in [3.8, 4) is 0 Å². The minimum absolute atomic E-state index is 0.490. The van der Waals surface area contributed by atoms with Crippen molar-refractivity contribution in [1.29, 1.82) is 0 Å². The number of nitrogens with zero attached hydrogens (tertiary/aromatic N) is 1. The van der Waals surface area contributed by atoms with Crippen LogP contribution in [0.3, 0.4) is 0 Å². The zero-order chi connectivity index (χ0) is 12.5. The van der Waals surface area contributed by atoms with Gasteiger partial charge in [0.05, 0.1) is 0 Å². The molecule has 100 valence electrons. The third-order valence-corrected chi connectivity index (χ3v) is 4.84. The monoisotopic (exact) mass is 238 g/mol. The summed E-state index contributed by atoms with van der Waals surface area (Å²) in [4.78, 5) is 2.72. The summed E-state index contributed by atoms with van der Waals surface area (Å²) in [5.41, 5.74) is 0.490. The number of nitrogens with one attached hydrogen (secondary N) is 1. The lowest BCUT2D eigenvalue weighted by Crippen LogP contribution is -2.46. The van der Waals surface area contributed by atoms with Crippen molar-refractivity contribution >= 4 is 0 Å². The van der Waals surface area contributed by atoms with E-state index in [0.717, 1.165) is 24.5 Å². The lowest BCUT2D eigenvalue weighted by molar-refractivity contribution is 0.184. The van der Waals surface area contributed by atoms with Gasteiger partial charge in [0.1, 0.15) is 0 Å². The molecule has 0 heterocycles. The molecule has 0 spiro atoms. The predicted molar refractivity (Wildman–Crippen MR) is 74.2 cm³/mol. The van der Waals surface area contributed by atoms with Gasteiger partial charge in [-0.05, 0) is 50.1 Å². The molecule has 0 aromatic rings. The minimum Gasteiger partial charge on any atom is -0.313 e. The Morgan fingerprint density at radius 1 is 1.18 bits per heavy atom. The quantitative estimate of drug-likeness (QED) is 0.765. The molecule has 2 atom stereocenters. The summed E-state index contributed by atoms with van der Waals surface area (Å²) in [7, 11) is 0. The summed E-state index contributed by atoms with van der Waals surface area (Å²) in [5.74, 6) is 0.866. The molecule has 0 radical (unpaired) electrons. The fraction of sp³-hybridized carbons (Fsp3) is 1.00. The maximum atomic E-state index is 3.75. The molecule has 2 fully saturated rings. The second-order valence-electron chi connectivity index (χ2n) is 6.64. The smallest absolute Gasteiger partial charge is 0.0159 e. The van der Waals surface area contributed by atoms with Crippen molar-refractivity contribution < 1.29 is 0 Å². The average molecular weight is 238 g/mol. The second-order valence-corrected chi connectivity index (χ2v) is 6.64. The Kier molecular flexibility index (Phi) is 4.14. The van der Waals surface area contributed by atoms with Crippen LogP contribution in [0.1, 0.15) is 53.4 Å². The van der Waals surface area contributed by atoms with Crippen molar-refractivity contribution in [2.45, 2.75) is 65.5 Å². The SMILES string of the molecule is CCNC1C(CN(CC)C2CC2)CCC1(C)C. The van der Waals surface area contributed by atoms with Gasteiger partial charge in [0.2, 0.25) is 0 Å². The molecule has 0 bridgehead atoms. The van der Waals surface area contributed by atoms with Crippen LogP contribution in [-0.4, -0.2) is 36.6 Å². The van der Waals surface area contributed by atoms with Gasteiger partial charge in [-0.25, -0.2) is 0 Å². The fourth-order valence-electron chi connectivity index (χ4n) is 3.65. The highest BCUT2D eigenvalue weighted by Crippen LogP contribution is 2.42. The van der Waals surface area contributed by atoms with E-state index in [1.54, 1.807) is 0 Å². The molecule has 2 aliphatic rings. The number of hydrogen-bond acceptors (Lipinski definition) is 2. The maximum absolute atomic E-state index is 3.75. The highest BCUT2D eigenvalue weighted by Gasteiger charge is 2.42. The van der Waals surface area contributed by atoms with E-state index in [-0.39, 0.29) is 0 Å². The molecule has 2 rings (SSSR count). The highest BCUT2D eigenvalue weighted by molar-refractivity contribution is 4.98. The van der Waals surface area contributed by atoms with Crippen LogP contribution in [0.25, 0.3) is 0 Å². The molecule has 1 N–H and O–H groups in total. The largest absolute Gasteiger partial charge is 0.313 e. The average Bonchev–Trinajstić information content (AvgIpc) is 3.07. The predicted octanol–water partition coefficient (Wildman–Crippen LogP) is 2.89. The molecular weight excluding hydrogens is 208 g/mol. The summed E-state index contributed by atoms with van der Waals surface area (Å²) in [6.07, 6.45) is 5.68. The van der Waals surface area contributed by atoms with Crippen molar-refractivity contribution in [2.75, 3.05) is 19.6 Å². The molecule has 0 saturated heterocycles. The summed E-state index contributed by atoms with van der Waals surface area (Å²) in [6.45, 7) is 13.1. The minimum atomic E-state index is 0.490. The highest BCUT2D eigenvalue weighted by atomic mass is 15.2. The first kappa shape index (κ1) is 13.4. The van der Waals surface area contributed by atoms with Crippen LogP contribution in [-0.2, 0) is 0 Å². The first-order valence-electron chi connectivity index (χ1n) is 7.56. The fourth-order valence-corrected chi connectivity index (χ4v) is 3.65. The topological polar surface area (TPSA) is 15.3 Å². The lowest BCUT2D eigenvalue weighted by Gasteiger charge is -2.34. The van der Waals surface area contributed by atoms with Gasteiger partial charge in [-0.1, -0.05) is 27.7 Å². The Balaban J connectivity index is 1.94. The Labute approximate surface area is 107 Å². The Bertz CT molecular complexity index is 245. The van der Waals surface area contributed by atoms with Crippen LogP contribution in [0, 0.1) is 11.3 Å². The molecule has 2 nitrogen and oxygen atoms in total. The summed E-state index contributed by atoms with van der Waals surface area (Å²) < 4.78 is 0. The second kappa shape index (κ2) is 5.27. The van der Waals surface area contributed by atoms with Gasteiger partial charge >= 0.3 is 0 Å². The molecule has 2 heteroatoms. The molecule has 0 aromatic carbocycles. The van der Waals surface area contributed by atoms with E-state index >= 15 is 0 Å². The van der Waals surface area contributed by atoms with E-state index in [4.69, 9.17) is 0 Å². The van der Waals surface area contributed by atoms with E-state index in [1.807, 2.05) is 0 Å². The van der Waals surface area contributed by atoms with Gasteiger partial charge in [-0.2, -0.15) is 0 Å². The third-order valence-electron chi connectivity index (χ3n) is 4.84. The van der Waals surface area contributed by atoms with Gasteiger partial charge in [-0.3, -0.25) is 0 Å². The Morgan fingerprint density at radius 3 is 2.41 bits per heavy atom. The third kappa shape index (κ3) is 3.03. The van der Waals surface area contributed by atoms with Crippen molar-refractivity contribution in [2.24, 2.45) is 11.3 Å². The Hall–Kier alpha value is -0.0800. The van der Waals surface area contributed by atoms with Crippen LogP contribution in [0.2, 0.25) is 0 Å². The first-order chi connectivity index (χ1) is 8.08.